The number of aryl methyl sites for hydroxylation is 2. The fourth-order valence-electron chi connectivity index (χ4n) is 1.74. The normalized spacial score (nSPS) is 13.0. The third kappa shape index (κ3) is 2.18. The van der Waals surface area contributed by atoms with Gasteiger partial charge in [-0.05, 0) is 32.9 Å². The third-order valence-corrected chi connectivity index (χ3v) is 3.77. The monoisotopic (exact) mass is 235 g/mol. The molecule has 1 unspecified atom stereocenters. The molecule has 2 N–H and O–H groups in total. The molecule has 16 heavy (non-hydrogen) atoms. The average molecular weight is 235 g/mol. The Bertz CT molecular complexity index is 463. The standard InChI is InChI=1S/C12H17N3S/c1-8(13)11-5-4-6-15(11)7-12-14-9(2)10(3)16-12/h4-6,8H,7,13H2,1-3H3. The van der Waals surface area contributed by atoms with Crippen molar-refractivity contribution >= 4 is 11.3 Å². The van der Waals surface area contributed by atoms with Gasteiger partial charge in [-0.1, -0.05) is 0 Å². The molecular formula is C12H17N3S. The van der Waals surface area contributed by atoms with E-state index in [4.69, 9.17) is 5.73 Å². The van der Waals surface area contributed by atoms with E-state index in [1.54, 1.807) is 11.3 Å². The molecule has 0 radical (unpaired) electrons. The van der Waals surface area contributed by atoms with Crippen LogP contribution in [0.3, 0.4) is 0 Å². The van der Waals surface area contributed by atoms with Crippen LogP contribution in [0.2, 0.25) is 0 Å². The van der Waals surface area contributed by atoms with Crippen molar-refractivity contribution in [1.82, 2.24) is 9.55 Å². The van der Waals surface area contributed by atoms with Gasteiger partial charge in [0.15, 0.2) is 0 Å². The molecule has 0 aromatic carbocycles. The quantitative estimate of drug-likeness (QED) is 0.888. The molecule has 0 fully saturated rings. The molecule has 2 heterocycles. The van der Waals surface area contributed by atoms with Crippen molar-refractivity contribution in [3.8, 4) is 0 Å². The zero-order valence-corrected chi connectivity index (χ0v) is 10.7. The Kier molecular flexibility index (Phi) is 3.12. The van der Waals surface area contributed by atoms with Gasteiger partial charge >= 0.3 is 0 Å². The van der Waals surface area contributed by atoms with Crippen LogP contribution in [-0.4, -0.2) is 9.55 Å². The highest BCUT2D eigenvalue weighted by molar-refractivity contribution is 7.11. The summed E-state index contributed by atoms with van der Waals surface area (Å²) < 4.78 is 2.17. The molecule has 0 amide bonds. The first-order chi connectivity index (χ1) is 7.58. The van der Waals surface area contributed by atoms with E-state index >= 15 is 0 Å². The summed E-state index contributed by atoms with van der Waals surface area (Å²) in [4.78, 5) is 5.84. The van der Waals surface area contributed by atoms with Crippen molar-refractivity contribution in [1.29, 1.82) is 0 Å². The zero-order valence-electron chi connectivity index (χ0n) is 9.90. The molecular weight excluding hydrogens is 218 g/mol. The molecule has 1 atom stereocenters. The minimum absolute atomic E-state index is 0.0668. The van der Waals surface area contributed by atoms with Gasteiger partial charge in [-0.25, -0.2) is 4.98 Å². The third-order valence-electron chi connectivity index (χ3n) is 2.71. The Morgan fingerprint density at radius 2 is 2.25 bits per heavy atom. The van der Waals surface area contributed by atoms with Gasteiger partial charge in [0.25, 0.3) is 0 Å². The summed E-state index contributed by atoms with van der Waals surface area (Å²) in [7, 11) is 0. The lowest BCUT2D eigenvalue weighted by molar-refractivity contribution is 0.673. The van der Waals surface area contributed by atoms with Gasteiger partial charge in [0.05, 0.1) is 12.2 Å². The Morgan fingerprint density at radius 1 is 1.50 bits per heavy atom. The van der Waals surface area contributed by atoms with Gasteiger partial charge in [0.1, 0.15) is 5.01 Å². The fourth-order valence-corrected chi connectivity index (χ4v) is 2.67. The van der Waals surface area contributed by atoms with E-state index in [0.717, 1.165) is 22.9 Å². The lowest BCUT2D eigenvalue weighted by atomic mass is 10.2. The minimum atomic E-state index is 0.0668. The van der Waals surface area contributed by atoms with E-state index in [2.05, 4.69) is 35.7 Å². The van der Waals surface area contributed by atoms with Crippen LogP contribution in [0.4, 0.5) is 0 Å². The van der Waals surface area contributed by atoms with Gasteiger partial charge in [-0.3, -0.25) is 0 Å². The largest absolute Gasteiger partial charge is 0.343 e. The van der Waals surface area contributed by atoms with Crippen molar-refractivity contribution in [3.05, 3.63) is 39.6 Å². The molecule has 0 spiro atoms. The first-order valence-corrected chi connectivity index (χ1v) is 6.23. The maximum absolute atomic E-state index is 5.91. The molecule has 0 saturated heterocycles. The topological polar surface area (TPSA) is 43.8 Å². The van der Waals surface area contributed by atoms with Crippen LogP contribution in [0.5, 0.6) is 0 Å². The lowest BCUT2D eigenvalue weighted by Crippen LogP contribution is -2.12. The van der Waals surface area contributed by atoms with Crippen molar-refractivity contribution in [3.63, 3.8) is 0 Å². The predicted molar refractivity (Wildman–Crippen MR) is 67.7 cm³/mol. The maximum atomic E-state index is 5.91. The van der Waals surface area contributed by atoms with E-state index in [-0.39, 0.29) is 6.04 Å². The van der Waals surface area contributed by atoms with E-state index in [1.807, 2.05) is 13.0 Å². The van der Waals surface area contributed by atoms with Crippen molar-refractivity contribution < 1.29 is 0 Å². The number of nitrogens with zero attached hydrogens (tertiary/aromatic N) is 2. The molecule has 0 aliphatic carbocycles. The van der Waals surface area contributed by atoms with Gasteiger partial charge in [-0.2, -0.15) is 0 Å². The second-order valence-electron chi connectivity index (χ2n) is 4.10. The summed E-state index contributed by atoms with van der Waals surface area (Å²) >= 11 is 1.76. The Morgan fingerprint density at radius 3 is 2.81 bits per heavy atom. The molecule has 2 aromatic rings. The molecule has 3 nitrogen and oxygen atoms in total. The number of hydrogen-bond acceptors (Lipinski definition) is 3. The van der Waals surface area contributed by atoms with Gasteiger partial charge < -0.3 is 10.3 Å². The average Bonchev–Trinajstić information content (AvgIpc) is 2.75. The van der Waals surface area contributed by atoms with E-state index in [9.17, 15) is 0 Å². The summed E-state index contributed by atoms with van der Waals surface area (Å²) in [6.45, 7) is 6.99. The zero-order chi connectivity index (χ0) is 11.7. The highest BCUT2D eigenvalue weighted by atomic mass is 32.1. The maximum Gasteiger partial charge on any atom is 0.113 e. The van der Waals surface area contributed by atoms with Crippen LogP contribution in [0, 0.1) is 13.8 Å². The number of aromatic nitrogens is 2. The van der Waals surface area contributed by atoms with Gasteiger partial charge in [0, 0.05) is 22.8 Å². The summed E-state index contributed by atoms with van der Waals surface area (Å²) in [5, 5.41) is 1.15. The molecule has 2 rings (SSSR count). The number of hydrogen-bond donors (Lipinski definition) is 1. The lowest BCUT2D eigenvalue weighted by Gasteiger charge is -2.10. The van der Waals surface area contributed by atoms with Crippen LogP contribution in [0.15, 0.2) is 18.3 Å². The van der Waals surface area contributed by atoms with Gasteiger partial charge in [-0.15, -0.1) is 11.3 Å². The Balaban J connectivity index is 2.23. The van der Waals surface area contributed by atoms with Crippen molar-refractivity contribution in [2.45, 2.75) is 33.4 Å². The highest BCUT2D eigenvalue weighted by Gasteiger charge is 2.08. The predicted octanol–water partition coefficient (Wildman–Crippen LogP) is 2.63. The van der Waals surface area contributed by atoms with Crippen LogP contribution < -0.4 is 5.73 Å². The van der Waals surface area contributed by atoms with Crippen LogP contribution in [0.25, 0.3) is 0 Å². The van der Waals surface area contributed by atoms with E-state index < -0.39 is 0 Å². The summed E-state index contributed by atoms with van der Waals surface area (Å²) in [6, 6.07) is 4.17. The molecule has 0 aliphatic rings. The molecule has 0 saturated carbocycles. The molecule has 86 valence electrons. The number of thiazole rings is 1. The van der Waals surface area contributed by atoms with E-state index in [0.29, 0.717) is 0 Å². The second kappa shape index (κ2) is 4.39. The SMILES string of the molecule is Cc1nc(Cn2cccc2C(C)N)sc1C. The van der Waals surface area contributed by atoms with Crippen molar-refractivity contribution in [2.75, 3.05) is 0 Å². The first-order valence-electron chi connectivity index (χ1n) is 5.41. The summed E-state index contributed by atoms with van der Waals surface area (Å²) in [5.41, 5.74) is 8.20. The summed E-state index contributed by atoms with van der Waals surface area (Å²) in [6.07, 6.45) is 2.06. The van der Waals surface area contributed by atoms with Gasteiger partial charge in [0.2, 0.25) is 0 Å². The van der Waals surface area contributed by atoms with Crippen LogP contribution in [0.1, 0.15) is 34.2 Å². The smallest absolute Gasteiger partial charge is 0.113 e. The molecule has 4 heteroatoms. The number of nitrogens with two attached hydrogens (primary N) is 1. The van der Waals surface area contributed by atoms with E-state index in [1.165, 1.54) is 4.88 Å². The molecule has 0 bridgehead atoms. The first kappa shape index (κ1) is 11.4. The van der Waals surface area contributed by atoms with Crippen molar-refractivity contribution in [2.24, 2.45) is 5.73 Å². The second-order valence-corrected chi connectivity index (χ2v) is 5.39. The number of rotatable bonds is 3. The Hall–Kier alpha value is -1.13. The van der Waals surface area contributed by atoms with Crippen LogP contribution in [-0.2, 0) is 6.54 Å². The Labute approximate surface area is 99.9 Å². The summed E-state index contributed by atoms with van der Waals surface area (Å²) in [5.74, 6) is 0. The minimum Gasteiger partial charge on any atom is -0.343 e. The fraction of sp³-hybridized carbons (Fsp3) is 0.417. The highest BCUT2D eigenvalue weighted by Crippen LogP contribution is 2.19. The molecule has 2 aromatic heterocycles. The van der Waals surface area contributed by atoms with Crippen LogP contribution >= 0.6 is 11.3 Å². The molecule has 0 aliphatic heterocycles.